The summed E-state index contributed by atoms with van der Waals surface area (Å²) < 4.78 is 10.6. The van der Waals surface area contributed by atoms with Crippen molar-refractivity contribution >= 4 is 11.9 Å². The molecule has 2 rings (SSSR count). The van der Waals surface area contributed by atoms with Gasteiger partial charge in [0.15, 0.2) is 0 Å². The second-order valence-corrected chi connectivity index (χ2v) is 5.24. The van der Waals surface area contributed by atoms with Crippen LogP contribution < -0.4 is 0 Å². The minimum absolute atomic E-state index is 0.242. The Hall–Kier alpha value is -1.06. The van der Waals surface area contributed by atoms with Gasteiger partial charge in [-0.1, -0.05) is 26.7 Å². The van der Waals surface area contributed by atoms with E-state index in [4.69, 9.17) is 9.47 Å². The number of carbonyl (C=O) groups excluding carboxylic acids is 2. The van der Waals surface area contributed by atoms with Crippen LogP contribution in [0.25, 0.3) is 0 Å². The monoisotopic (exact) mass is 240 g/mol. The van der Waals surface area contributed by atoms with Gasteiger partial charge in [0.1, 0.15) is 6.42 Å². The third-order valence-corrected chi connectivity index (χ3v) is 4.46. The molecule has 0 aromatic carbocycles. The number of hydrogen-bond acceptors (Lipinski definition) is 4. The van der Waals surface area contributed by atoms with Crippen molar-refractivity contribution in [3.63, 3.8) is 0 Å². The highest BCUT2D eigenvalue weighted by atomic mass is 16.7. The third-order valence-electron chi connectivity index (χ3n) is 4.46. The van der Waals surface area contributed by atoms with E-state index in [0.29, 0.717) is 18.3 Å². The lowest BCUT2D eigenvalue weighted by Crippen LogP contribution is -2.49. The van der Waals surface area contributed by atoms with Gasteiger partial charge >= 0.3 is 11.9 Å². The Morgan fingerprint density at radius 3 is 1.82 bits per heavy atom. The fraction of sp³-hybridized carbons (Fsp3) is 0.846. The second-order valence-electron chi connectivity index (χ2n) is 5.24. The van der Waals surface area contributed by atoms with E-state index in [1.54, 1.807) is 0 Å². The molecule has 1 saturated carbocycles. The summed E-state index contributed by atoms with van der Waals surface area (Å²) >= 11 is 0. The number of carbonyl (C=O) groups is 2. The van der Waals surface area contributed by atoms with E-state index in [0.717, 1.165) is 25.7 Å². The van der Waals surface area contributed by atoms with Gasteiger partial charge in [-0.05, 0) is 18.3 Å². The molecule has 1 heterocycles. The molecule has 0 radical (unpaired) electrons. The Kier molecular flexibility index (Phi) is 3.15. The molecule has 0 N–H and O–H groups in total. The van der Waals surface area contributed by atoms with Crippen LogP contribution in [0.1, 0.15) is 58.8 Å². The maximum atomic E-state index is 11.3. The smallest absolute Gasteiger partial charge is 0.320 e. The summed E-state index contributed by atoms with van der Waals surface area (Å²) in [6, 6.07) is 0. The fourth-order valence-electron chi connectivity index (χ4n) is 2.95. The lowest BCUT2D eigenvalue weighted by molar-refractivity contribution is -0.259. The van der Waals surface area contributed by atoms with Gasteiger partial charge in [0.2, 0.25) is 0 Å². The standard InChI is InChI=1S/C13H20O4/c1-3-12(4-2)5-7-13(8-6-12)16-10(14)9-11(15)17-13/h3-9H2,1-2H3. The number of esters is 2. The normalized spacial score (nSPS) is 26.5. The molecule has 0 aromatic heterocycles. The van der Waals surface area contributed by atoms with E-state index in [9.17, 15) is 9.59 Å². The quantitative estimate of drug-likeness (QED) is 0.550. The largest absolute Gasteiger partial charge is 0.422 e. The summed E-state index contributed by atoms with van der Waals surface area (Å²) in [5.74, 6) is -1.83. The predicted octanol–water partition coefficient (Wildman–Crippen LogP) is 2.55. The van der Waals surface area contributed by atoms with Crippen LogP contribution in [0.2, 0.25) is 0 Å². The van der Waals surface area contributed by atoms with Crippen molar-refractivity contribution < 1.29 is 19.1 Å². The van der Waals surface area contributed by atoms with Crippen LogP contribution in [0.5, 0.6) is 0 Å². The van der Waals surface area contributed by atoms with Crippen molar-refractivity contribution in [1.82, 2.24) is 0 Å². The minimum atomic E-state index is -0.944. The Labute approximate surface area is 102 Å². The zero-order chi connectivity index (χ0) is 12.5. The van der Waals surface area contributed by atoms with Gasteiger partial charge in [0.25, 0.3) is 5.79 Å². The zero-order valence-corrected chi connectivity index (χ0v) is 10.6. The van der Waals surface area contributed by atoms with Crippen LogP contribution in [0.4, 0.5) is 0 Å². The van der Waals surface area contributed by atoms with Gasteiger partial charge in [0.05, 0.1) is 0 Å². The van der Waals surface area contributed by atoms with E-state index >= 15 is 0 Å². The van der Waals surface area contributed by atoms with Gasteiger partial charge < -0.3 is 9.47 Å². The van der Waals surface area contributed by atoms with Crippen LogP contribution in [0, 0.1) is 5.41 Å². The maximum Gasteiger partial charge on any atom is 0.320 e. The SMILES string of the molecule is CCC1(CC)CCC2(CC1)OC(=O)CC(=O)O2. The summed E-state index contributed by atoms with van der Waals surface area (Å²) in [5.41, 5.74) is 0.335. The Bertz CT molecular complexity index is 302. The van der Waals surface area contributed by atoms with E-state index < -0.39 is 17.7 Å². The highest BCUT2D eigenvalue weighted by Crippen LogP contribution is 2.48. The molecular formula is C13H20O4. The first-order chi connectivity index (χ1) is 8.03. The number of hydrogen-bond donors (Lipinski definition) is 0. The molecule has 0 unspecified atom stereocenters. The predicted molar refractivity (Wildman–Crippen MR) is 61.0 cm³/mol. The molecule has 0 atom stereocenters. The van der Waals surface area contributed by atoms with E-state index in [2.05, 4.69) is 13.8 Å². The van der Waals surface area contributed by atoms with Crippen LogP contribution in [0.3, 0.4) is 0 Å². The first-order valence-corrected chi connectivity index (χ1v) is 6.47. The zero-order valence-electron chi connectivity index (χ0n) is 10.6. The summed E-state index contributed by atoms with van der Waals surface area (Å²) in [4.78, 5) is 22.6. The van der Waals surface area contributed by atoms with Crippen molar-refractivity contribution in [2.24, 2.45) is 5.41 Å². The molecule has 1 aliphatic carbocycles. The first-order valence-electron chi connectivity index (χ1n) is 6.47. The molecule has 2 fully saturated rings. The minimum Gasteiger partial charge on any atom is -0.422 e. The van der Waals surface area contributed by atoms with Gasteiger partial charge in [-0.2, -0.15) is 0 Å². The fourth-order valence-corrected chi connectivity index (χ4v) is 2.95. The average Bonchev–Trinajstić information content (AvgIpc) is 2.29. The van der Waals surface area contributed by atoms with E-state index in [1.165, 1.54) is 0 Å². The van der Waals surface area contributed by atoms with Crippen molar-refractivity contribution in [3.8, 4) is 0 Å². The molecule has 0 amide bonds. The van der Waals surface area contributed by atoms with Crippen LogP contribution in [-0.2, 0) is 19.1 Å². The van der Waals surface area contributed by atoms with Crippen molar-refractivity contribution in [3.05, 3.63) is 0 Å². The Morgan fingerprint density at radius 2 is 1.41 bits per heavy atom. The maximum absolute atomic E-state index is 11.3. The molecule has 0 aromatic rings. The Morgan fingerprint density at radius 1 is 0.941 bits per heavy atom. The summed E-state index contributed by atoms with van der Waals surface area (Å²) in [6.07, 6.45) is 5.22. The summed E-state index contributed by atoms with van der Waals surface area (Å²) in [7, 11) is 0. The molecular weight excluding hydrogens is 220 g/mol. The third kappa shape index (κ3) is 2.31. The molecule has 96 valence electrons. The number of ether oxygens (including phenoxy) is 2. The molecule has 0 bridgehead atoms. The van der Waals surface area contributed by atoms with Gasteiger partial charge in [-0.3, -0.25) is 9.59 Å². The van der Waals surface area contributed by atoms with Crippen LogP contribution in [0.15, 0.2) is 0 Å². The summed E-state index contributed by atoms with van der Waals surface area (Å²) in [5, 5.41) is 0. The highest BCUT2D eigenvalue weighted by molar-refractivity contribution is 5.93. The van der Waals surface area contributed by atoms with Crippen LogP contribution >= 0.6 is 0 Å². The second kappa shape index (κ2) is 4.31. The number of rotatable bonds is 2. The first kappa shape index (κ1) is 12.4. The van der Waals surface area contributed by atoms with Crippen LogP contribution in [-0.4, -0.2) is 17.7 Å². The van der Waals surface area contributed by atoms with Gasteiger partial charge in [-0.15, -0.1) is 0 Å². The molecule has 1 spiro atoms. The lowest BCUT2D eigenvalue weighted by Gasteiger charge is -2.45. The van der Waals surface area contributed by atoms with Gasteiger partial charge in [-0.25, -0.2) is 0 Å². The summed E-state index contributed by atoms with van der Waals surface area (Å²) in [6.45, 7) is 4.39. The van der Waals surface area contributed by atoms with Gasteiger partial charge in [0, 0.05) is 12.8 Å². The van der Waals surface area contributed by atoms with E-state index in [-0.39, 0.29) is 6.42 Å². The molecule has 2 aliphatic rings. The van der Waals surface area contributed by atoms with E-state index in [1.807, 2.05) is 0 Å². The molecule has 17 heavy (non-hydrogen) atoms. The molecule has 4 heteroatoms. The topological polar surface area (TPSA) is 52.6 Å². The molecule has 1 aliphatic heterocycles. The molecule has 4 nitrogen and oxygen atoms in total. The molecule has 1 saturated heterocycles. The lowest BCUT2D eigenvalue weighted by atomic mass is 9.68. The highest BCUT2D eigenvalue weighted by Gasteiger charge is 2.48. The average molecular weight is 240 g/mol. The van der Waals surface area contributed by atoms with Crippen molar-refractivity contribution in [1.29, 1.82) is 0 Å². The van der Waals surface area contributed by atoms with Crippen molar-refractivity contribution in [2.75, 3.05) is 0 Å². The Balaban J connectivity index is 2.06. The van der Waals surface area contributed by atoms with Crippen molar-refractivity contribution in [2.45, 2.75) is 64.6 Å².